The summed E-state index contributed by atoms with van der Waals surface area (Å²) in [7, 11) is -0.211. The van der Waals surface area contributed by atoms with E-state index >= 15 is 0 Å². The van der Waals surface area contributed by atoms with E-state index in [9.17, 15) is 4.79 Å². The lowest BCUT2D eigenvalue weighted by molar-refractivity contribution is 0.112. The molecule has 4 nitrogen and oxygen atoms in total. The van der Waals surface area contributed by atoms with Gasteiger partial charge in [-0.3, -0.25) is 4.79 Å². The maximum absolute atomic E-state index is 10.4. The number of aldehydes is 1. The summed E-state index contributed by atoms with van der Waals surface area (Å²) in [6.45, 7) is 4.00. The van der Waals surface area contributed by atoms with Crippen LogP contribution in [0.5, 0.6) is 5.75 Å². The van der Waals surface area contributed by atoms with Gasteiger partial charge in [0, 0.05) is 11.0 Å². The molecule has 0 aliphatic carbocycles. The van der Waals surface area contributed by atoms with E-state index in [4.69, 9.17) is 14.8 Å². The predicted octanol–water partition coefficient (Wildman–Crippen LogP) is 0.214. The summed E-state index contributed by atoms with van der Waals surface area (Å²) >= 11 is 0. The highest BCUT2D eigenvalue weighted by atomic mass is 16.5. The Morgan fingerprint density at radius 1 is 1.33 bits per heavy atom. The Morgan fingerprint density at radius 2 is 1.93 bits per heavy atom. The minimum Gasteiger partial charge on any atom is -0.497 e. The van der Waals surface area contributed by atoms with Crippen molar-refractivity contribution in [3.63, 3.8) is 0 Å². The smallest absolute Gasteiger partial charge is 0.492 e. The van der Waals surface area contributed by atoms with Gasteiger partial charge in [0.15, 0.2) is 0 Å². The van der Waals surface area contributed by atoms with Gasteiger partial charge < -0.3 is 14.8 Å². The van der Waals surface area contributed by atoms with Crippen LogP contribution in [0, 0.1) is 0 Å². The fraction of sp³-hybridized carbons (Fsp3) is 0.300. The van der Waals surface area contributed by atoms with Crippen LogP contribution < -0.4 is 10.2 Å². The van der Waals surface area contributed by atoms with Crippen LogP contribution in [0.2, 0.25) is 0 Å². The Labute approximate surface area is 89.7 Å². The molecule has 0 bridgehead atoms. The van der Waals surface area contributed by atoms with Crippen LogP contribution in [0.3, 0.4) is 0 Å². The van der Waals surface area contributed by atoms with Crippen LogP contribution in [0.4, 0.5) is 0 Å². The number of methoxy groups -OCH3 is 1. The zero-order chi connectivity index (χ0) is 11.8. The molecule has 0 radical (unpaired) electrons. The Kier molecular flexibility index (Phi) is 6.41. The first-order chi connectivity index (χ1) is 7.19. The van der Waals surface area contributed by atoms with Gasteiger partial charge in [-0.15, -0.1) is 0 Å². The molecule has 0 aliphatic rings. The van der Waals surface area contributed by atoms with Crippen LogP contribution in [0.15, 0.2) is 18.2 Å². The van der Waals surface area contributed by atoms with Gasteiger partial charge in [0.1, 0.15) is 12.0 Å². The molecule has 0 heterocycles. The first-order valence-electron chi connectivity index (χ1n) is 4.68. The van der Waals surface area contributed by atoms with E-state index in [1.807, 2.05) is 13.8 Å². The molecule has 1 aromatic rings. The lowest BCUT2D eigenvalue weighted by atomic mass is 9.79. The second-order valence-electron chi connectivity index (χ2n) is 2.49. The molecule has 0 aliphatic heterocycles. The molecule has 0 spiro atoms. The van der Waals surface area contributed by atoms with Gasteiger partial charge in [-0.25, -0.2) is 0 Å². The highest BCUT2D eigenvalue weighted by Gasteiger charge is 2.16. The van der Waals surface area contributed by atoms with Crippen LogP contribution in [0.1, 0.15) is 24.2 Å². The highest BCUT2D eigenvalue weighted by Crippen LogP contribution is 2.08. The lowest BCUT2D eigenvalue weighted by Gasteiger charge is -2.07. The molecule has 0 amide bonds. The van der Waals surface area contributed by atoms with Crippen molar-refractivity contribution in [1.29, 1.82) is 0 Å². The molecular weight excluding hydrogens is 195 g/mol. The van der Waals surface area contributed by atoms with Crippen LogP contribution in [0.25, 0.3) is 0 Å². The number of rotatable bonds is 3. The minimum atomic E-state index is -1.63. The third-order valence-electron chi connectivity index (χ3n) is 1.67. The molecule has 0 saturated heterocycles. The van der Waals surface area contributed by atoms with Gasteiger partial charge >= 0.3 is 7.12 Å². The summed E-state index contributed by atoms with van der Waals surface area (Å²) in [5, 5.41) is 17.8. The Hall–Kier alpha value is -1.33. The van der Waals surface area contributed by atoms with Crippen molar-refractivity contribution >= 4 is 18.9 Å². The van der Waals surface area contributed by atoms with Crippen molar-refractivity contribution in [3.8, 4) is 5.75 Å². The standard InChI is InChI=1S/C8H9BO4.C2H6/c1-13-8-3-2-6(5-10)4-7(8)9(11)12;1-2/h2-5,11-12H,1H3;1-2H3. The van der Waals surface area contributed by atoms with E-state index in [2.05, 4.69) is 0 Å². The maximum Gasteiger partial charge on any atom is 0.492 e. The molecule has 0 unspecified atom stereocenters. The van der Waals surface area contributed by atoms with E-state index in [0.29, 0.717) is 17.6 Å². The van der Waals surface area contributed by atoms with Crippen molar-refractivity contribution in [2.45, 2.75) is 13.8 Å². The second-order valence-corrected chi connectivity index (χ2v) is 2.49. The number of hydrogen-bond donors (Lipinski definition) is 2. The quantitative estimate of drug-likeness (QED) is 0.552. The summed E-state index contributed by atoms with van der Waals surface area (Å²) in [4.78, 5) is 10.4. The highest BCUT2D eigenvalue weighted by molar-refractivity contribution is 6.59. The van der Waals surface area contributed by atoms with Gasteiger partial charge in [0.05, 0.1) is 7.11 Å². The monoisotopic (exact) mass is 210 g/mol. The van der Waals surface area contributed by atoms with Crippen molar-refractivity contribution in [2.24, 2.45) is 0 Å². The van der Waals surface area contributed by atoms with Crippen molar-refractivity contribution < 1.29 is 19.6 Å². The van der Waals surface area contributed by atoms with E-state index in [-0.39, 0.29) is 5.46 Å². The fourth-order valence-electron chi connectivity index (χ4n) is 1.03. The Balaban J connectivity index is 0.000000921. The minimum absolute atomic E-state index is 0.187. The van der Waals surface area contributed by atoms with Gasteiger partial charge in [0.25, 0.3) is 0 Å². The molecule has 0 atom stereocenters. The fourth-order valence-corrected chi connectivity index (χ4v) is 1.03. The third-order valence-corrected chi connectivity index (χ3v) is 1.67. The SMILES string of the molecule is CC.COc1ccc(C=O)cc1B(O)O. The molecule has 82 valence electrons. The third kappa shape index (κ3) is 3.73. The number of ether oxygens (including phenoxy) is 1. The van der Waals surface area contributed by atoms with Crippen LogP contribution >= 0.6 is 0 Å². The van der Waals surface area contributed by atoms with Crippen LogP contribution in [-0.2, 0) is 0 Å². The number of hydrogen-bond acceptors (Lipinski definition) is 4. The summed E-state index contributed by atoms with van der Waals surface area (Å²) in [5.41, 5.74) is 0.566. The Bertz CT molecular complexity index is 312. The molecule has 0 aromatic heterocycles. The van der Waals surface area contributed by atoms with E-state index in [1.54, 1.807) is 0 Å². The van der Waals surface area contributed by atoms with Gasteiger partial charge in [0.2, 0.25) is 0 Å². The van der Waals surface area contributed by atoms with Crippen molar-refractivity contribution in [2.75, 3.05) is 7.11 Å². The molecular formula is C10H15BO4. The van der Waals surface area contributed by atoms with E-state index in [0.717, 1.165) is 0 Å². The molecule has 2 N–H and O–H groups in total. The zero-order valence-corrected chi connectivity index (χ0v) is 9.10. The Morgan fingerprint density at radius 3 is 2.33 bits per heavy atom. The summed E-state index contributed by atoms with van der Waals surface area (Å²) in [6.07, 6.45) is 0.630. The number of benzene rings is 1. The van der Waals surface area contributed by atoms with Crippen LogP contribution in [-0.4, -0.2) is 30.6 Å². The molecule has 5 heteroatoms. The molecule has 1 rings (SSSR count). The zero-order valence-electron chi connectivity index (χ0n) is 9.10. The predicted molar refractivity (Wildman–Crippen MR) is 59.6 cm³/mol. The van der Waals surface area contributed by atoms with Gasteiger partial charge in [-0.1, -0.05) is 13.8 Å². The summed E-state index contributed by atoms with van der Waals surface area (Å²) < 4.78 is 4.87. The molecule has 1 aromatic carbocycles. The van der Waals surface area contributed by atoms with Crippen molar-refractivity contribution in [1.82, 2.24) is 0 Å². The average molecular weight is 210 g/mol. The van der Waals surface area contributed by atoms with Crippen molar-refractivity contribution in [3.05, 3.63) is 23.8 Å². The largest absolute Gasteiger partial charge is 0.497 e. The second kappa shape index (κ2) is 7.03. The lowest BCUT2D eigenvalue weighted by Crippen LogP contribution is -2.31. The molecule has 0 fully saturated rings. The van der Waals surface area contributed by atoms with Gasteiger partial charge in [-0.05, 0) is 18.2 Å². The van der Waals surface area contributed by atoms with Gasteiger partial charge in [-0.2, -0.15) is 0 Å². The first kappa shape index (κ1) is 13.7. The molecule has 0 saturated carbocycles. The number of carbonyl (C=O) groups excluding carboxylic acids is 1. The summed E-state index contributed by atoms with van der Waals surface area (Å²) in [6, 6.07) is 4.42. The topological polar surface area (TPSA) is 66.8 Å². The van der Waals surface area contributed by atoms with E-state index in [1.165, 1.54) is 25.3 Å². The molecule has 15 heavy (non-hydrogen) atoms. The number of carbonyl (C=O) groups is 1. The van der Waals surface area contributed by atoms with E-state index < -0.39 is 7.12 Å². The first-order valence-corrected chi connectivity index (χ1v) is 4.68. The summed E-state index contributed by atoms with van der Waals surface area (Å²) in [5.74, 6) is 0.348. The average Bonchev–Trinajstić information content (AvgIpc) is 2.30. The normalized spacial score (nSPS) is 8.60. The maximum atomic E-state index is 10.4.